The van der Waals surface area contributed by atoms with Crippen molar-refractivity contribution in [2.45, 2.75) is 25.9 Å². The van der Waals surface area contributed by atoms with Gasteiger partial charge < -0.3 is 24.3 Å². The summed E-state index contributed by atoms with van der Waals surface area (Å²) in [5.74, 6) is 2.76. The van der Waals surface area contributed by atoms with Crippen LogP contribution >= 0.6 is 11.6 Å². The predicted octanol–water partition coefficient (Wildman–Crippen LogP) is 5.67. The quantitative estimate of drug-likeness (QED) is 0.357. The van der Waals surface area contributed by atoms with E-state index in [9.17, 15) is 0 Å². The van der Waals surface area contributed by atoms with Crippen LogP contribution in [0.2, 0.25) is 5.02 Å². The molecule has 5 nitrogen and oxygen atoms in total. The molecule has 0 amide bonds. The Balaban J connectivity index is 1.52. The van der Waals surface area contributed by atoms with E-state index in [1.165, 1.54) is 5.56 Å². The Bertz CT molecular complexity index is 995. The number of benzene rings is 3. The fourth-order valence-corrected chi connectivity index (χ4v) is 3.64. The third kappa shape index (κ3) is 6.55. The Kier molecular flexibility index (Phi) is 9.08. The van der Waals surface area contributed by atoms with Gasteiger partial charge in [-0.25, -0.2) is 0 Å². The molecule has 0 saturated heterocycles. The summed E-state index contributed by atoms with van der Waals surface area (Å²) in [6.07, 6.45) is 1.94. The van der Waals surface area contributed by atoms with Crippen molar-refractivity contribution in [1.29, 1.82) is 0 Å². The van der Waals surface area contributed by atoms with Crippen LogP contribution < -0.4 is 24.3 Å². The van der Waals surface area contributed by atoms with Crippen molar-refractivity contribution < 1.29 is 18.9 Å². The Hall–Kier alpha value is -2.89. The Morgan fingerprint density at radius 3 is 2.12 bits per heavy atom. The first-order valence-corrected chi connectivity index (χ1v) is 11.0. The molecule has 6 heteroatoms. The summed E-state index contributed by atoms with van der Waals surface area (Å²) in [5, 5.41) is 4.04. The lowest BCUT2D eigenvalue weighted by molar-refractivity contribution is 0.289. The summed E-state index contributed by atoms with van der Waals surface area (Å²) in [7, 11) is 4.86. The van der Waals surface area contributed by atoms with Crippen LogP contribution in [-0.2, 0) is 19.5 Å². The van der Waals surface area contributed by atoms with Gasteiger partial charge >= 0.3 is 0 Å². The molecule has 170 valence electrons. The van der Waals surface area contributed by atoms with E-state index in [-0.39, 0.29) is 0 Å². The second kappa shape index (κ2) is 12.2. The zero-order valence-corrected chi connectivity index (χ0v) is 19.6. The maximum atomic E-state index is 6.37. The smallest absolute Gasteiger partial charge is 0.162 e. The first-order chi connectivity index (χ1) is 15.6. The van der Waals surface area contributed by atoms with E-state index in [0.717, 1.165) is 35.5 Å². The molecule has 3 rings (SSSR count). The molecule has 0 atom stereocenters. The van der Waals surface area contributed by atoms with Gasteiger partial charge in [0, 0.05) is 24.2 Å². The van der Waals surface area contributed by atoms with E-state index in [2.05, 4.69) is 29.6 Å². The number of rotatable bonds is 12. The Labute approximate surface area is 195 Å². The monoisotopic (exact) mass is 455 g/mol. The summed E-state index contributed by atoms with van der Waals surface area (Å²) in [5.41, 5.74) is 3.35. The van der Waals surface area contributed by atoms with Gasteiger partial charge in [0.25, 0.3) is 0 Å². The highest BCUT2D eigenvalue weighted by Crippen LogP contribution is 2.33. The number of hydrogen-bond donors (Lipinski definition) is 1. The zero-order valence-electron chi connectivity index (χ0n) is 18.8. The molecule has 0 unspecified atom stereocenters. The third-order valence-electron chi connectivity index (χ3n) is 5.14. The SMILES string of the molecule is COc1cc(Cl)c(CNCc2ccc(OCCCc3ccccc3)c(OC)c2)cc1OC. The summed E-state index contributed by atoms with van der Waals surface area (Å²) in [4.78, 5) is 0. The average Bonchev–Trinajstić information content (AvgIpc) is 2.83. The van der Waals surface area contributed by atoms with Crippen LogP contribution in [0.3, 0.4) is 0 Å². The predicted molar refractivity (Wildman–Crippen MR) is 128 cm³/mol. The summed E-state index contributed by atoms with van der Waals surface area (Å²) >= 11 is 6.37. The molecule has 0 aliphatic heterocycles. The molecule has 3 aromatic carbocycles. The van der Waals surface area contributed by atoms with E-state index in [1.807, 2.05) is 30.3 Å². The number of aryl methyl sites for hydroxylation is 1. The van der Waals surface area contributed by atoms with Gasteiger partial charge in [0.15, 0.2) is 23.0 Å². The maximum Gasteiger partial charge on any atom is 0.162 e. The van der Waals surface area contributed by atoms with Gasteiger partial charge in [-0.2, -0.15) is 0 Å². The van der Waals surface area contributed by atoms with Crippen LogP contribution in [0.15, 0.2) is 60.7 Å². The minimum atomic E-state index is 0.596. The van der Waals surface area contributed by atoms with Gasteiger partial charge in [0.2, 0.25) is 0 Å². The van der Waals surface area contributed by atoms with Gasteiger partial charge in [0.1, 0.15) is 0 Å². The Morgan fingerprint density at radius 1 is 0.719 bits per heavy atom. The van der Waals surface area contributed by atoms with Gasteiger partial charge in [0.05, 0.1) is 27.9 Å². The van der Waals surface area contributed by atoms with Crippen molar-refractivity contribution in [3.8, 4) is 23.0 Å². The summed E-state index contributed by atoms with van der Waals surface area (Å²) in [6, 6.07) is 20.1. The first-order valence-electron chi connectivity index (χ1n) is 10.6. The van der Waals surface area contributed by atoms with Gasteiger partial charge in [-0.05, 0) is 47.7 Å². The molecular weight excluding hydrogens is 426 g/mol. The van der Waals surface area contributed by atoms with Gasteiger partial charge in [-0.15, -0.1) is 0 Å². The molecule has 0 aromatic heterocycles. The van der Waals surface area contributed by atoms with Crippen LogP contribution in [0.1, 0.15) is 23.1 Å². The number of halogens is 1. The highest BCUT2D eigenvalue weighted by atomic mass is 35.5. The van der Waals surface area contributed by atoms with Crippen LogP contribution in [0.25, 0.3) is 0 Å². The van der Waals surface area contributed by atoms with Crippen molar-refractivity contribution in [3.63, 3.8) is 0 Å². The minimum absolute atomic E-state index is 0.596. The fraction of sp³-hybridized carbons (Fsp3) is 0.308. The lowest BCUT2D eigenvalue weighted by atomic mass is 10.1. The van der Waals surface area contributed by atoms with Gasteiger partial charge in [-0.1, -0.05) is 48.0 Å². The second-order valence-electron chi connectivity index (χ2n) is 7.32. The van der Waals surface area contributed by atoms with E-state index in [1.54, 1.807) is 27.4 Å². The van der Waals surface area contributed by atoms with Crippen molar-refractivity contribution in [2.75, 3.05) is 27.9 Å². The topological polar surface area (TPSA) is 49.0 Å². The maximum absolute atomic E-state index is 6.37. The molecule has 0 heterocycles. The molecule has 1 N–H and O–H groups in total. The third-order valence-corrected chi connectivity index (χ3v) is 5.49. The lowest BCUT2D eigenvalue weighted by Crippen LogP contribution is -2.13. The molecular formula is C26H30ClNO4. The van der Waals surface area contributed by atoms with E-state index in [4.69, 9.17) is 30.5 Å². The molecule has 0 radical (unpaired) electrons. The van der Waals surface area contributed by atoms with E-state index < -0.39 is 0 Å². The fourth-order valence-electron chi connectivity index (χ4n) is 3.42. The van der Waals surface area contributed by atoms with Crippen LogP contribution in [-0.4, -0.2) is 27.9 Å². The van der Waals surface area contributed by atoms with Crippen LogP contribution in [0, 0.1) is 0 Å². The Morgan fingerprint density at radius 2 is 1.41 bits per heavy atom. The minimum Gasteiger partial charge on any atom is -0.493 e. The molecule has 0 bridgehead atoms. The number of nitrogens with one attached hydrogen (secondary N) is 1. The largest absolute Gasteiger partial charge is 0.493 e. The highest BCUT2D eigenvalue weighted by Gasteiger charge is 2.10. The standard InChI is InChI=1S/C26H30ClNO4/c1-29-24-14-20(11-12-23(24)32-13-7-10-19-8-5-4-6-9-19)17-28-18-21-15-25(30-2)26(31-3)16-22(21)27/h4-6,8-9,11-12,14-16,28H,7,10,13,17-18H2,1-3H3. The van der Waals surface area contributed by atoms with Crippen molar-refractivity contribution >= 4 is 11.6 Å². The zero-order chi connectivity index (χ0) is 22.8. The van der Waals surface area contributed by atoms with Crippen LogP contribution in [0.4, 0.5) is 0 Å². The number of methoxy groups -OCH3 is 3. The van der Waals surface area contributed by atoms with Crippen LogP contribution in [0.5, 0.6) is 23.0 Å². The van der Waals surface area contributed by atoms with Crippen molar-refractivity contribution in [1.82, 2.24) is 5.32 Å². The van der Waals surface area contributed by atoms with Crippen molar-refractivity contribution in [2.24, 2.45) is 0 Å². The summed E-state index contributed by atoms with van der Waals surface area (Å²) in [6.45, 7) is 1.90. The van der Waals surface area contributed by atoms with E-state index in [0.29, 0.717) is 36.2 Å². The molecule has 0 spiro atoms. The molecule has 0 fully saturated rings. The highest BCUT2D eigenvalue weighted by molar-refractivity contribution is 6.31. The van der Waals surface area contributed by atoms with E-state index >= 15 is 0 Å². The number of hydrogen-bond acceptors (Lipinski definition) is 5. The van der Waals surface area contributed by atoms with Crippen molar-refractivity contribution in [3.05, 3.63) is 82.4 Å². The molecule has 0 aliphatic rings. The normalized spacial score (nSPS) is 10.6. The average molecular weight is 456 g/mol. The molecule has 3 aromatic rings. The molecule has 0 aliphatic carbocycles. The lowest BCUT2D eigenvalue weighted by Gasteiger charge is -2.14. The number of ether oxygens (including phenoxy) is 4. The first kappa shape index (κ1) is 23.8. The van der Waals surface area contributed by atoms with Gasteiger partial charge in [-0.3, -0.25) is 0 Å². The summed E-state index contributed by atoms with van der Waals surface area (Å²) < 4.78 is 22.1. The second-order valence-corrected chi connectivity index (χ2v) is 7.73. The molecule has 32 heavy (non-hydrogen) atoms. The molecule has 0 saturated carbocycles.